The van der Waals surface area contributed by atoms with E-state index in [2.05, 4.69) is 27.8 Å². The highest BCUT2D eigenvalue weighted by Gasteiger charge is 2.12. The highest BCUT2D eigenvalue weighted by Crippen LogP contribution is 2.25. The van der Waals surface area contributed by atoms with Crippen molar-refractivity contribution in [3.8, 4) is 0 Å². The van der Waals surface area contributed by atoms with Gasteiger partial charge in [0.15, 0.2) is 0 Å². The summed E-state index contributed by atoms with van der Waals surface area (Å²) in [6.07, 6.45) is 0. The first-order valence-electron chi connectivity index (χ1n) is 4.33. The molecule has 1 aromatic carbocycles. The van der Waals surface area contributed by atoms with Crippen LogP contribution in [0.3, 0.4) is 0 Å². The third-order valence-electron chi connectivity index (χ3n) is 1.82. The average Bonchev–Trinajstić information content (AvgIpc) is 2.15. The second-order valence-electron chi connectivity index (χ2n) is 3.15. The highest BCUT2D eigenvalue weighted by molar-refractivity contribution is 9.11. The van der Waals surface area contributed by atoms with Crippen LogP contribution in [0.1, 0.15) is 5.56 Å². The summed E-state index contributed by atoms with van der Waals surface area (Å²) in [6, 6.07) is 5.06. The van der Waals surface area contributed by atoms with E-state index in [0.717, 1.165) is 10.0 Å². The molecular weight excluding hydrogens is 260 g/mol. The van der Waals surface area contributed by atoms with Crippen LogP contribution in [-0.4, -0.2) is 11.5 Å². The molecule has 5 heteroatoms. The topological polar surface area (TPSA) is 55.2 Å². The Morgan fingerprint density at radius 3 is 2.87 bits per heavy atom. The molecule has 0 bridgehead atoms. The smallest absolute Gasteiger partial charge is 0.292 e. The third-order valence-corrected chi connectivity index (χ3v) is 2.10. The number of hydrogen-bond acceptors (Lipinski definition) is 3. The molecule has 0 aliphatic carbocycles. The lowest BCUT2D eigenvalue weighted by Crippen LogP contribution is -2.03. The molecule has 1 aromatic rings. The zero-order chi connectivity index (χ0) is 11.4. The molecule has 0 aromatic heterocycles. The molecule has 0 saturated carbocycles. The number of hydrogen-bond donors (Lipinski definition) is 1. The zero-order valence-electron chi connectivity index (χ0n) is 8.29. The minimum absolute atomic E-state index is 0.0868. The van der Waals surface area contributed by atoms with Crippen LogP contribution < -0.4 is 5.32 Å². The SMILES string of the molecule is C=C(Br)CNc1ccc(C)cc1[N+](=O)[O-]. The summed E-state index contributed by atoms with van der Waals surface area (Å²) in [6.45, 7) is 5.93. The maximum atomic E-state index is 10.8. The number of nitrogens with one attached hydrogen (secondary N) is 1. The predicted molar refractivity (Wildman–Crippen MR) is 64.4 cm³/mol. The molecule has 0 saturated heterocycles. The van der Waals surface area contributed by atoms with E-state index in [1.807, 2.05) is 13.0 Å². The lowest BCUT2D eigenvalue weighted by atomic mass is 10.2. The Morgan fingerprint density at radius 2 is 2.33 bits per heavy atom. The molecule has 1 rings (SSSR count). The molecule has 0 atom stereocenters. The normalized spacial score (nSPS) is 9.73. The van der Waals surface area contributed by atoms with Crippen molar-refractivity contribution >= 4 is 27.3 Å². The van der Waals surface area contributed by atoms with Crippen molar-refractivity contribution in [3.05, 3.63) is 44.9 Å². The molecule has 0 fully saturated rings. The van der Waals surface area contributed by atoms with E-state index < -0.39 is 4.92 Å². The van der Waals surface area contributed by atoms with Crippen LogP contribution >= 0.6 is 15.9 Å². The number of aryl methyl sites for hydroxylation is 1. The number of nitro benzene ring substituents is 1. The van der Waals surface area contributed by atoms with Crippen LogP contribution in [0.4, 0.5) is 11.4 Å². The van der Waals surface area contributed by atoms with E-state index in [1.54, 1.807) is 12.1 Å². The van der Waals surface area contributed by atoms with Gasteiger partial charge >= 0.3 is 0 Å². The van der Waals surface area contributed by atoms with Gasteiger partial charge in [-0.15, -0.1) is 0 Å². The molecule has 0 amide bonds. The monoisotopic (exact) mass is 270 g/mol. The average molecular weight is 271 g/mol. The van der Waals surface area contributed by atoms with Crippen LogP contribution in [0.5, 0.6) is 0 Å². The molecule has 0 aliphatic rings. The quantitative estimate of drug-likeness (QED) is 0.675. The minimum Gasteiger partial charge on any atom is -0.375 e. The first-order valence-corrected chi connectivity index (χ1v) is 5.12. The van der Waals surface area contributed by atoms with Crippen molar-refractivity contribution in [3.63, 3.8) is 0 Å². The molecule has 4 nitrogen and oxygen atoms in total. The second-order valence-corrected chi connectivity index (χ2v) is 4.27. The van der Waals surface area contributed by atoms with E-state index >= 15 is 0 Å². The second kappa shape index (κ2) is 4.93. The van der Waals surface area contributed by atoms with Crippen molar-refractivity contribution in [2.45, 2.75) is 6.92 Å². The molecular formula is C10H11BrN2O2. The van der Waals surface area contributed by atoms with Crippen molar-refractivity contribution in [2.24, 2.45) is 0 Å². The summed E-state index contributed by atoms with van der Waals surface area (Å²) in [4.78, 5) is 10.4. The molecule has 1 N–H and O–H groups in total. The van der Waals surface area contributed by atoms with Crippen LogP contribution in [0.15, 0.2) is 29.3 Å². The van der Waals surface area contributed by atoms with Crippen molar-refractivity contribution in [1.82, 2.24) is 0 Å². The highest BCUT2D eigenvalue weighted by atomic mass is 79.9. The predicted octanol–water partition coefficient (Wildman–Crippen LogP) is 3.22. The largest absolute Gasteiger partial charge is 0.375 e. The molecule has 0 radical (unpaired) electrons. The van der Waals surface area contributed by atoms with Crippen molar-refractivity contribution in [1.29, 1.82) is 0 Å². The van der Waals surface area contributed by atoms with Gasteiger partial charge in [-0.2, -0.15) is 0 Å². The van der Waals surface area contributed by atoms with Gasteiger partial charge in [-0.1, -0.05) is 28.6 Å². The lowest BCUT2D eigenvalue weighted by molar-refractivity contribution is -0.384. The lowest BCUT2D eigenvalue weighted by Gasteiger charge is -2.06. The summed E-state index contributed by atoms with van der Waals surface area (Å²) in [5.41, 5.74) is 1.46. The Hall–Kier alpha value is -1.36. The zero-order valence-corrected chi connectivity index (χ0v) is 9.87. The van der Waals surface area contributed by atoms with Crippen LogP contribution in [0.25, 0.3) is 0 Å². The summed E-state index contributed by atoms with van der Waals surface area (Å²) >= 11 is 3.18. The maximum absolute atomic E-state index is 10.8. The van der Waals surface area contributed by atoms with Gasteiger partial charge in [-0.3, -0.25) is 10.1 Å². The van der Waals surface area contributed by atoms with E-state index in [0.29, 0.717) is 12.2 Å². The summed E-state index contributed by atoms with van der Waals surface area (Å²) in [5.74, 6) is 0. The van der Waals surface area contributed by atoms with Crippen LogP contribution in [0.2, 0.25) is 0 Å². The molecule has 0 heterocycles. The maximum Gasteiger partial charge on any atom is 0.292 e. The Labute approximate surface area is 96.3 Å². The van der Waals surface area contributed by atoms with E-state index in [4.69, 9.17) is 0 Å². The Morgan fingerprint density at radius 1 is 1.67 bits per heavy atom. The van der Waals surface area contributed by atoms with Crippen LogP contribution in [0, 0.1) is 17.0 Å². The number of halogens is 1. The Balaban J connectivity index is 2.95. The number of rotatable bonds is 4. The molecule has 0 aliphatic heterocycles. The fourth-order valence-electron chi connectivity index (χ4n) is 1.13. The van der Waals surface area contributed by atoms with Crippen molar-refractivity contribution in [2.75, 3.05) is 11.9 Å². The summed E-state index contributed by atoms with van der Waals surface area (Å²) in [5, 5.41) is 13.7. The standard InChI is InChI=1S/C10H11BrN2O2/c1-7-3-4-9(12-6-8(2)11)10(5-7)13(14)15/h3-5,12H,2,6H2,1H3. The molecule has 15 heavy (non-hydrogen) atoms. The first-order chi connectivity index (χ1) is 7.00. The number of nitrogens with zero attached hydrogens (tertiary/aromatic N) is 1. The van der Waals surface area contributed by atoms with E-state index in [1.165, 1.54) is 0 Å². The van der Waals surface area contributed by atoms with Gasteiger partial charge in [0.1, 0.15) is 5.69 Å². The van der Waals surface area contributed by atoms with Crippen molar-refractivity contribution < 1.29 is 4.92 Å². The Kier molecular flexibility index (Phi) is 3.85. The number of anilines is 1. The van der Waals surface area contributed by atoms with Gasteiger partial charge < -0.3 is 5.32 Å². The molecule has 80 valence electrons. The fourth-order valence-corrected chi connectivity index (χ4v) is 1.27. The van der Waals surface area contributed by atoms with E-state index in [-0.39, 0.29) is 5.69 Å². The molecule has 0 spiro atoms. The number of benzene rings is 1. The summed E-state index contributed by atoms with van der Waals surface area (Å²) in [7, 11) is 0. The van der Waals surface area contributed by atoms with Gasteiger partial charge in [0.05, 0.1) is 4.92 Å². The van der Waals surface area contributed by atoms with Gasteiger partial charge in [-0.05, 0) is 18.6 Å². The third kappa shape index (κ3) is 3.36. The number of nitro groups is 1. The summed E-state index contributed by atoms with van der Waals surface area (Å²) < 4.78 is 0.748. The van der Waals surface area contributed by atoms with Gasteiger partial charge in [0, 0.05) is 17.1 Å². The minimum atomic E-state index is -0.397. The van der Waals surface area contributed by atoms with E-state index in [9.17, 15) is 10.1 Å². The Bertz CT molecular complexity index is 404. The van der Waals surface area contributed by atoms with Gasteiger partial charge in [-0.25, -0.2) is 0 Å². The van der Waals surface area contributed by atoms with Crippen LogP contribution in [-0.2, 0) is 0 Å². The van der Waals surface area contributed by atoms with Gasteiger partial charge in [0.25, 0.3) is 5.69 Å². The fraction of sp³-hybridized carbons (Fsp3) is 0.200. The van der Waals surface area contributed by atoms with Gasteiger partial charge in [0.2, 0.25) is 0 Å². The first kappa shape index (κ1) is 11.7. The molecule has 0 unspecified atom stereocenters.